The molecule has 0 saturated carbocycles. The van der Waals surface area contributed by atoms with E-state index in [9.17, 15) is 4.79 Å². The second-order valence-corrected chi connectivity index (χ2v) is 6.76. The molecule has 0 spiro atoms. The molecule has 1 amide bonds. The van der Waals surface area contributed by atoms with Crippen molar-refractivity contribution in [1.29, 1.82) is 0 Å². The predicted molar refractivity (Wildman–Crippen MR) is 79.1 cm³/mol. The summed E-state index contributed by atoms with van der Waals surface area (Å²) in [5.41, 5.74) is 0.911. The van der Waals surface area contributed by atoms with Crippen LogP contribution in [-0.4, -0.2) is 24.5 Å². The summed E-state index contributed by atoms with van der Waals surface area (Å²) in [6, 6.07) is 5.39. The molecule has 1 atom stereocenters. The molecule has 0 bridgehead atoms. The number of hydrogen-bond donors (Lipinski definition) is 1. The maximum absolute atomic E-state index is 11.9. The van der Waals surface area contributed by atoms with Crippen molar-refractivity contribution in [1.82, 2.24) is 5.32 Å². The quantitative estimate of drug-likeness (QED) is 0.844. The van der Waals surface area contributed by atoms with Crippen LogP contribution in [0.25, 0.3) is 0 Å². The first-order valence-electron chi connectivity index (χ1n) is 6.01. The molecule has 1 rings (SSSR count). The monoisotopic (exact) mass is 329 g/mol. The van der Waals surface area contributed by atoms with E-state index in [4.69, 9.17) is 9.47 Å². The molecule has 5 heteroatoms. The molecule has 0 aromatic heterocycles. The first kappa shape index (κ1) is 15.8. The average Bonchev–Trinajstić information content (AvgIpc) is 2.36. The van der Waals surface area contributed by atoms with E-state index in [0.717, 1.165) is 11.3 Å². The fourth-order valence-corrected chi connectivity index (χ4v) is 1.74. The van der Waals surface area contributed by atoms with Gasteiger partial charge in [-0.1, -0.05) is 15.9 Å². The van der Waals surface area contributed by atoms with Gasteiger partial charge < -0.3 is 14.8 Å². The van der Waals surface area contributed by atoms with Gasteiger partial charge in [-0.25, -0.2) is 0 Å². The van der Waals surface area contributed by atoms with E-state index in [2.05, 4.69) is 21.2 Å². The van der Waals surface area contributed by atoms with E-state index in [1.54, 1.807) is 34.1 Å². The Hall–Kier alpha value is -1.23. The highest BCUT2D eigenvalue weighted by molar-refractivity contribution is 9.10. The van der Waals surface area contributed by atoms with Crippen LogP contribution in [0.2, 0.25) is 0 Å². The minimum Gasteiger partial charge on any atom is -0.497 e. The van der Waals surface area contributed by atoms with Crippen molar-refractivity contribution in [3.63, 3.8) is 0 Å². The Bertz CT molecular complexity index is 454. The first-order valence-corrected chi connectivity index (χ1v) is 6.80. The van der Waals surface area contributed by atoms with E-state index in [1.807, 2.05) is 19.1 Å². The first-order chi connectivity index (χ1) is 8.79. The Balaban J connectivity index is 2.93. The van der Waals surface area contributed by atoms with Crippen LogP contribution in [0.15, 0.2) is 18.2 Å². The van der Waals surface area contributed by atoms with Gasteiger partial charge in [0.1, 0.15) is 11.5 Å². The topological polar surface area (TPSA) is 47.6 Å². The summed E-state index contributed by atoms with van der Waals surface area (Å²) in [6.45, 7) is 5.53. The van der Waals surface area contributed by atoms with Crippen molar-refractivity contribution in [2.45, 2.75) is 31.1 Å². The summed E-state index contributed by atoms with van der Waals surface area (Å²) in [6.07, 6.45) is 0. The van der Waals surface area contributed by atoms with Gasteiger partial charge >= 0.3 is 0 Å². The number of alkyl halides is 1. The lowest BCUT2D eigenvalue weighted by Gasteiger charge is -2.22. The lowest BCUT2D eigenvalue weighted by molar-refractivity contribution is -0.123. The van der Waals surface area contributed by atoms with Crippen LogP contribution in [0.4, 0.5) is 0 Å². The fraction of sp³-hybridized carbons (Fsp3) is 0.500. The second kappa shape index (κ2) is 6.28. The van der Waals surface area contributed by atoms with Crippen molar-refractivity contribution in [3.05, 3.63) is 23.8 Å². The third-order valence-electron chi connectivity index (χ3n) is 2.79. The number of benzene rings is 1. The highest BCUT2D eigenvalue weighted by Gasteiger charge is 2.26. The number of rotatable bonds is 5. The smallest absolute Gasteiger partial charge is 0.236 e. The third-order valence-corrected chi connectivity index (χ3v) is 3.15. The Morgan fingerprint density at radius 2 is 1.95 bits per heavy atom. The van der Waals surface area contributed by atoms with Crippen LogP contribution in [0.3, 0.4) is 0 Å². The van der Waals surface area contributed by atoms with Crippen LogP contribution >= 0.6 is 15.9 Å². The van der Waals surface area contributed by atoms with Crippen LogP contribution in [-0.2, 0) is 4.79 Å². The maximum atomic E-state index is 11.9. The van der Waals surface area contributed by atoms with E-state index >= 15 is 0 Å². The van der Waals surface area contributed by atoms with Gasteiger partial charge in [0, 0.05) is 11.6 Å². The molecule has 1 unspecified atom stereocenters. The SMILES string of the molecule is COc1ccc(C(C)NC(=O)C(C)(C)Br)c(OC)c1. The van der Waals surface area contributed by atoms with E-state index in [1.165, 1.54) is 0 Å². The van der Waals surface area contributed by atoms with Crippen molar-refractivity contribution in [3.8, 4) is 11.5 Å². The summed E-state index contributed by atoms with van der Waals surface area (Å²) in [5, 5.41) is 2.94. The number of ether oxygens (including phenoxy) is 2. The number of methoxy groups -OCH3 is 2. The number of carbonyl (C=O) groups is 1. The normalized spacial score (nSPS) is 12.7. The summed E-state index contributed by atoms with van der Waals surface area (Å²) in [7, 11) is 3.20. The molecule has 1 aromatic rings. The van der Waals surface area contributed by atoms with Crippen LogP contribution in [0, 0.1) is 0 Å². The van der Waals surface area contributed by atoms with E-state index in [0.29, 0.717) is 5.75 Å². The molecule has 4 nitrogen and oxygen atoms in total. The molecular formula is C14H20BrNO3. The highest BCUT2D eigenvalue weighted by atomic mass is 79.9. The molecular weight excluding hydrogens is 310 g/mol. The third kappa shape index (κ3) is 4.13. The molecule has 0 saturated heterocycles. The summed E-state index contributed by atoms with van der Waals surface area (Å²) >= 11 is 3.34. The van der Waals surface area contributed by atoms with Crippen LogP contribution in [0.5, 0.6) is 11.5 Å². The number of hydrogen-bond acceptors (Lipinski definition) is 3. The number of nitrogens with one attached hydrogen (secondary N) is 1. The zero-order valence-electron chi connectivity index (χ0n) is 11.9. The molecule has 0 fully saturated rings. The molecule has 1 N–H and O–H groups in total. The maximum Gasteiger partial charge on any atom is 0.236 e. The minimum atomic E-state index is -0.596. The van der Waals surface area contributed by atoms with Crippen molar-refractivity contribution in [2.75, 3.05) is 14.2 Å². The van der Waals surface area contributed by atoms with Crippen molar-refractivity contribution in [2.24, 2.45) is 0 Å². The molecule has 106 valence electrons. The van der Waals surface area contributed by atoms with Gasteiger partial charge in [0.15, 0.2) is 0 Å². The zero-order valence-corrected chi connectivity index (χ0v) is 13.5. The molecule has 0 radical (unpaired) electrons. The van der Waals surface area contributed by atoms with Crippen molar-refractivity contribution >= 4 is 21.8 Å². The number of halogens is 1. The minimum absolute atomic E-state index is 0.0714. The Morgan fingerprint density at radius 1 is 1.32 bits per heavy atom. The largest absolute Gasteiger partial charge is 0.497 e. The van der Waals surface area contributed by atoms with Gasteiger partial charge in [-0.2, -0.15) is 0 Å². The molecule has 0 aliphatic heterocycles. The van der Waals surface area contributed by atoms with Gasteiger partial charge in [-0.15, -0.1) is 0 Å². The zero-order chi connectivity index (χ0) is 14.6. The molecule has 0 aliphatic rings. The summed E-state index contributed by atoms with van der Waals surface area (Å²) < 4.78 is 9.89. The van der Waals surface area contributed by atoms with Crippen LogP contribution < -0.4 is 14.8 Å². The van der Waals surface area contributed by atoms with Gasteiger partial charge in [0.25, 0.3) is 0 Å². The van der Waals surface area contributed by atoms with Gasteiger partial charge in [-0.05, 0) is 32.9 Å². The van der Waals surface area contributed by atoms with Gasteiger partial charge in [0.05, 0.1) is 24.6 Å². The Labute approximate surface area is 122 Å². The average molecular weight is 330 g/mol. The standard InChI is InChI=1S/C14H20BrNO3/c1-9(16-13(17)14(2,3)15)11-7-6-10(18-4)8-12(11)19-5/h6-9H,1-5H3,(H,16,17). The lowest BCUT2D eigenvalue weighted by atomic mass is 10.1. The fourth-order valence-electron chi connectivity index (χ4n) is 1.62. The molecule has 19 heavy (non-hydrogen) atoms. The molecule has 0 aliphatic carbocycles. The highest BCUT2D eigenvalue weighted by Crippen LogP contribution is 2.30. The summed E-state index contributed by atoms with van der Waals surface area (Å²) in [4.78, 5) is 11.9. The predicted octanol–water partition coefficient (Wildman–Crippen LogP) is 3.05. The molecule has 0 heterocycles. The second-order valence-electron chi connectivity index (χ2n) is 4.78. The van der Waals surface area contributed by atoms with Crippen LogP contribution in [0.1, 0.15) is 32.4 Å². The Morgan fingerprint density at radius 3 is 2.42 bits per heavy atom. The van der Waals surface area contributed by atoms with E-state index in [-0.39, 0.29) is 11.9 Å². The van der Waals surface area contributed by atoms with Gasteiger partial charge in [0.2, 0.25) is 5.91 Å². The van der Waals surface area contributed by atoms with Gasteiger partial charge in [-0.3, -0.25) is 4.79 Å². The summed E-state index contributed by atoms with van der Waals surface area (Å²) in [5.74, 6) is 1.34. The molecule has 1 aromatic carbocycles. The number of amides is 1. The lowest BCUT2D eigenvalue weighted by Crippen LogP contribution is -2.39. The Kier molecular flexibility index (Phi) is 5.23. The number of carbonyl (C=O) groups excluding carboxylic acids is 1. The van der Waals surface area contributed by atoms with E-state index < -0.39 is 4.32 Å². The van der Waals surface area contributed by atoms with Crippen molar-refractivity contribution < 1.29 is 14.3 Å².